The lowest BCUT2D eigenvalue weighted by atomic mass is 9.95. The Hall–Kier alpha value is -0.940. The minimum atomic E-state index is -0.122. The van der Waals surface area contributed by atoms with Gasteiger partial charge in [0.25, 0.3) is 5.91 Å². The molecule has 2 rings (SSSR count). The third-order valence-electron chi connectivity index (χ3n) is 3.42. The van der Waals surface area contributed by atoms with Crippen molar-refractivity contribution in [1.82, 2.24) is 10.3 Å². The third kappa shape index (κ3) is 4.01. The normalized spacial score (nSPS) is 23.1. The van der Waals surface area contributed by atoms with E-state index < -0.39 is 0 Å². The topological polar surface area (TPSA) is 68.0 Å². The highest BCUT2D eigenvalue weighted by atomic mass is 35.5. The maximum absolute atomic E-state index is 12.1. The van der Waals surface area contributed by atoms with Gasteiger partial charge in [0.15, 0.2) is 0 Å². The number of nitrogen functional groups attached to an aromatic ring is 1. The third-order valence-corrected chi connectivity index (χ3v) is 4.75. The number of nitrogens with two attached hydrogens (primary N) is 1. The molecule has 0 unspecified atom stereocenters. The van der Waals surface area contributed by atoms with Gasteiger partial charge in [-0.15, -0.1) is 0 Å². The van der Waals surface area contributed by atoms with Crippen LogP contribution in [-0.2, 0) is 0 Å². The molecule has 1 heterocycles. The Balaban J connectivity index is 1.94. The van der Waals surface area contributed by atoms with E-state index in [0.29, 0.717) is 5.56 Å². The standard InChI is InChI=1S/C13H18ClN3OS/c1-19-10-4-2-9(3-5-10)16-13(18)8-6-11(14)17-12(15)7-8/h6-7,9-10H,2-5H2,1H3,(H2,15,17)(H,16,18). The van der Waals surface area contributed by atoms with Gasteiger partial charge in [-0.1, -0.05) is 11.6 Å². The number of aromatic nitrogens is 1. The second kappa shape index (κ2) is 6.48. The summed E-state index contributed by atoms with van der Waals surface area (Å²) in [5.41, 5.74) is 6.06. The monoisotopic (exact) mass is 299 g/mol. The number of carbonyl (C=O) groups is 1. The van der Waals surface area contributed by atoms with Crippen molar-refractivity contribution < 1.29 is 4.79 Å². The fourth-order valence-electron chi connectivity index (χ4n) is 2.36. The Labute approximate surface area is 122 Å². The van der Waals surface area contributed by atoms with E-state index >= 15 is 0 Å². The molecule has 1 aliphatic carbocycles. The molecular formula is C13H18ClN3OS. The summed E-state index contributed by atoms with van der Waals surface area (Å²) in [5.74, 6) is 0.146. The molecule has 0 bridgehead atoms. The lowest BCUT2D eigenvalue weighted by Crippen LogP contribution is -2.38. The number of nitrogens with zero attached hydrogens (tertiary/aromatic N) is 1. The quantitative estimate of drug-likeness (QED) is 0.842. The summed E-state index contributed by atoms with van der Waals surface area (Å²) in [5, 5.41) is 4.03. The van der Waals surface area contributed by atoms with Gasteiger partial charge in [-0.3, -0.25) is 4.79 Å². The Morgan fingerprint density at radius 1 is 1.42 bits per heavy atom. The smallest absolute Gasteiger partial charge is 0.251 e. The lowest BCUT2D eigenvalue weighted by molar-refractivity contribution is 0.0928. The maximum atomic E-state index is 12.1. The lowest BCUT2D eigenvalue weighted by Gasteiger charge is -2.28. The molecule has 0 aromatic carbocycles. The van der Waals surface area contributed by atoms with Crippen molar-refractivity contribution in [3.63, 3.8) is 0 Å². The minimum Gasteiger partial charge on any atom is -0.384 e. The molecule has 1 aromatic heterocycles. The van der Waals surface area contributed by atoms with Crippen molar-refractivity contribution in [3.05, 3.63) is 22.8 Å². The predicted octanol–water partition coefficient (Wildman–Crippen LogP) is 2.72. The van der Waals surface area contributed by atoms with Crippen molar-refractivity contribution in [2.45, 2.75) is 37.0 Å². The molecule has 0 saturated heterocycles. The molecule has 1 aromatic rings. The van der Waals surface area contributed by atoms with Gasteiger partial charge in [0.2, 0.25) is 0 Å². The molecule has 3 N–H and O–H groups in total. The second-order valence-electron chi connectivity index (χ2n) is 4.79. The zero-order chi connectivity index (χ0) is 13.8. The number of hydrogen-bond acceptors (Lipinski definition) is 4. The number of amides is 1. The van der Waals surface area contributed by atoms with Crippen molar-refractivity contribution in [3.8, 4) is 0 Å². The molecule has 0 radical (unpaired) electrons. The number of thioether (sulfide) groups is 1. The van der Waals surface area contributed by atoms with E-state index in [0.717, 1.165) is 30.9 Å². The Kier molecular flexibility index (Phi) is 4.93. The fraction of sp³-hybridized carbons (Fsp3) is 0.538. The van der Waals surface area contributed by atoms with E-state index in [-0.39, 0.29) is 22.9 Å². The Morgan fingerprint density at radius 2 is 2.11 bits per heavy atom. The van der Waals surface area contributed by atoms with Crippen LogP contribution in [0.4, 0.5) is 5.82 Å². The summed E-state index contributed by atoms with van der Waals surface area (Å²) in [6, 6.07) is 3.35. The molecule has 1 amide bonds. The number of halogens is 1. The maximum Gasteiger partial charge on any atom is 0.251 e. The summed E-state index contributed by atoms with van der Waals surface area (Å²) in [7, 11) is 0. The van der Waals surface area contributed by atoms with Gasteiger partial charge in [0.1, 0.15) is 11.0 Å². The van der Waals surface area contributed by atoms with E-state index in [9.17, 15) is 4.79 Å². The van der Waals surface area contributed by atoms with Crippen LogP contribution in [0.25, 0.3) is 0 Å². The van der Waals surface area contributed by atoms with Crippen LogP contribution in [0.5, 0.6) is 0 Å². The average Bonchev–Trinajstić information content (AvgIpc) is 2.38. The predicted molar refractivity (Wildman–Crippen MR) is 80.7 cm³/mol. The summed E-state index contributed by atoms with van der Waals surface area (Å²) >= 11 is 7.71. The van der Waals surface area contributed by atoms with E-state index in [1.807, 2.05) is 11.8 Å². The average molecular weight is 300 g/mol. The second-order valence-corrected chi connectivity index (χ2v) is 6.31. The van der Waals surface area contributed by atoms with Gasteiger partial charge >= 0.3 is 0 Å². The van der Waals surface area contributed by atoms with Gasteiger partial charge in [-0.05, 0) is 44.1 Å². The SMILES string of the molecule is CSC1CCC(NC(=O)c2cc(N)nc(Cl)c2)CC1. The van der Waals surface area contributed by atoms with Gasteiger partial charge in [0.05, 0.1) is 0 Å². The molecule has 4 nitrogen and oxygen atoms in total. The first-order valence-electron chi connectivity index (χ1n) is 6.35. The van der Waals surface area contributed by atoms with Gasteiger partial charge < -0.3 is 11.1 Å². The van der Waals surface area contributed by atoms with Crippen LogP contribution in [-0.4, -0.2) is 28.4 Å². The molecule has 0 spiro atoms. The first-order valence-corrected chi connectivity index (χ1v) is 8.02. The summed E-state index contributed by atoms with van der Waals surface area (Å²) in [4.78, 5) is 16.0. The Bertz CT molecular complexity index is 441. The summed E-state index contributed by atoms with van der Waals surface area (Å²) in [6.45, 7) is 0. The number of anilines is 1. The van der Waals surface area contributed by atoms with Crippen molar-refractivity contribution >= 4 is 35.1 Å². The van der Waals surface area contributed by atoms with Crippen LogP contribution >= 0.6 is 23.4 Å². The van der Waals surface area contributed by atoms with Crippen LogP contribution in [0.2, 0.25) is 5.15 Å². The molecule has 0 aliphatic heterocycles. The fourth-order valence-corrected chi connectivity index (χ4v) is 3.32. The first kappa shape index (κ1) is 14.5. The highest BCUT2D eigenvalue weighted by Crippen LogP contribution is 2.27. The van der Waals surface area contributed by atoms with Crippen LogP contribution in [0.1, 0.15) is 36.0 Å². The molecule has 6 heteroatoms. The van der Waals surface area contributed by atoms with Crippen molar-refractivity contribution in [1.29, 1.82) is 0 Å². The van der Waals surface area contributed by atoms with Gasteiger partial charge in [-0.25, -0.2) is 4.98 Å². The van der Waals surface area contributed by atoms with Crippen molar-refractivity contribution in [2.75, 3.05) is 12.0 Å². The highest BCUT2D eigenvalue weighted by molar-refractivity contribution is 7.99. The van der Waals surface area contributed by atoms with Crippen LogP contribution in [0, 0.1) is 0 Å². The number of carbonyl (C=O) groups excluding carboxylic acids is 1. The summed E-state index contributed by atoms with van der Waals surface area (Å²) < 4.78 is 0. The zero-order valence-corrected chi connectivity index (χ0v) is 12.4. The van der Waals surface area contributed by atoms with Crippen molar-refractivity contribution in [2.24, 2.45) is 0 Å². The van der Waals surface area contributed by atoms with E-state index in [4.69, 9.17) is 17.3 Å². The molecule has 0 atom stereocenters. The van der Waals surface area contributed by atoms with Crippen LogP contribution in [0.3, 0.4) is 0 Å². The first-order chi connectivity index (χ1) is 9.08. The zero-order valence-electron chi connectivity index (χ0n) is 10.9. The molecule has 1 aliphatic rings. The number of hydrogen-bond donors (Lipinski definition) is 2. The number of rotatable bonds is 3. The number of nitrogens with one attached hydrogen (secondary N) is 1. The molecule has 19 heavy (non-hydrogen) atoms. The van der Waals surface area contributed by atoms with Gasteiger partial charge in [0, 0.05) is 16.9 Å². The number of pyridine rings is 1. The summed E-state index contributed by atoms with van der Waals surface area (Å²) in [6.07, 6.45) is 6.53. The van der Waals surface area contributed by atoms with E-state index in [1.165, 1.54) is 0 Å². The largest absolute Gasteiger partial charge is 0.384 e. The van der Waals surface area contributed by atoms with Crippen LogP contribution in [0.15, 0.2) is 12.1 Å². The van der Waals surface area contributed by atoms with E-state index in [2.05, 4.69) is 16.6 Å². The van der Waals surface area contributed by atoms with Crippen LogP contribution < -0.4 is 11.1 Å². The molecule has 104 valence electrons. The Morgan fingerprint density at radius 3 is 2.68 bits per heavy atom. The van der Waals surface area contributed by atoms with Gasteiger partial charge in [-0.2, -0.15) is 11.8 Å². The minimum absolute atomic E-state index is 0.122. The molecular weight excluding hydrogens is 282 g/mol. The molecule has 1 saturated carbocycles. The molecule has 1 fully saturated rings. The van der Waals surface area contributed by atoms with E-state index in [1.54, 1.807) is 12.1 Å². The highest BCUT2D eigenvalue weighted by Gasteiger charge is 2.22.